The third-order valence-corrected chi connectivity index (χ3v) is 7.04. The van der Waals surface area contributed by atoms with Crippen LogP contribution in [0.1, 0.15) is 37.8 Å². The number of benzene rings is 2. The zero-order valence-electron chi connectivity index (χ0n) is 15.0. The van der Waals surface area contributed by atoms with Gasteiger partial charge in [0.1, 0.15) is 0 Å². The third kappa shape index (κ3) is 4.85. The number of hydrogen-bond donors (Lipinski definition) is 1. The standard InChI is InChI=1S/C19H18N2O5S2/c1-2-26-18(23)14-8-13(10-16(11-14)21(24)25)17(22)20-15-5-3-4-12(9-15)19-27-6-7-28-19/h3-5,8-11,19H,2,6-7H2,1H3,(H,20,22). The molecule has 1 heterocycles. The fourth-order valence-corrected chi connectivity index (χ4v) is 5.54. The fraction of sp³-hybridized carbons (Fsp3) is 0.263. The molecule has 1 amide bonds. The van der Waals surface area contributed by atoms with Gasteiger partial charge in [0, 0.05) is 34.9 Å². The summed E-state index contributed by atoms with van der Waals surface area (Å²) in [6, 6.07) is 11.1. The van der Waals surface area contributed by atoms with E-state index in [9.17, 15) is 19.7 Å². The Labute approximate surface area is 170 Å². The second-order valence-corrected chi connectivity index (χ2v) is 8.62. The van der Waals surface area contributed by atoms with Crippen molar-refractivity contribution in [2.75, 3.05) is 23.4 Å². The average Bonchev–Trinajstić information content (AvgIpc) is 3.23. The molecule has 3 rings (SSSR count). The predicted octanol–water partition coefficient (Wildman–Crippen LogP) is 4.50. The van der Waals surface area contributed by atoms with E-state index in [-0.39, 0.29) is 23.4 Å². The first-order valence-electron chi connectivity index (χ1n) is 8.59. The maximum Gasteiger partial charge on any atom is 0.338 e. The summed E-state index contributed by atoms with van der Waals surface area (Å²) < 4.78 is 5.23. The van der Waals surface area contributed by atoms with Gasteiger partial charge in [0.2, 0.25) is 0 Å². The highest BCUT2D eigenvalue weighted by atomic mass is 32.2. The highest BCUT2D eigenvalue weighted by Gasteiger charge is 2.20. The normalized spacial score (nSPS) is 13.9. The molecule has 1 aliphatic heterocycles. The molecule has 1 saturated heterocycles. The molecule has 146 valence electrons. The molecular formula is C19H18N2O5S2. The van der Waals surface area contributed by atoms with E-state index in [0.717, 1.165) is 29.2 Å². The van der Waals surface area contributed by atoms with Crippen molar-refractivity contribution in [1.29, 1.82) is 0 Å². The highest BCUT2D eigenvalue weighted by molar-refractivity contribution is 8.19. The van der Waals surface area contributed by atoms with E-state index in [0.29, 0.717) is 10.3 Å². The Morgan fingerprint density at radius 2 is 1.89 bits per heavy atom. The van der Waals surface area contributed by atoms with Crippen LogP contribution < -0.4 is 5.32 Å². The first-order valence-corrected chi connectivity index (χ1v) is 10.7. The van der Waals surface area contributed by atoms with Crippen molar-refractivity contribution in [3.63, 3.8) is 0 Å². The van der Waals surface area contributed by atoms with Gasteiger partial charge in [-0.1, -0.05) is 12.1 Å². The summed E-state index contributed by atoms with van der Waals surface area (Å²) in [6.07, 6.45) is 0. The number of anilines is 1. The zero-order chi connectivity index (χ0) is 20.1. The van der Waals surface area contributed by atoms with Crippen LogP contribution in [0.25, 0.3) is 0 Å². The fourth-order valence-electron chi connectivity index (χ4n) is 2.70. The molecule has 1 N–H and O–H groups in total. The Bertz CT molecular complexity index is 913. The number of esters is 1. The van der Waals surface area contributed by atoms with Gasteiger partial charge in [-0.25, -0.2) is 4.79 Å². The van der Waals surface area contributed by atoms with Gasteiger partial charge in [0.05, 0.1) is 21.7 Å². The molecule has 0 atom stereocenters. The smallest absolute Gasteiger partial charge is 0.338 e. The Balaban J connectivity index is 1.84. The van der Waals surface area contributed by atoms with Gasteiger partial charge in [-0.2, -0.15) is 0 Å². The molecule has 2 aromatic carbocycles. The lowest BCUT2D eigenvalue weighted by atomic mass is 10.1. The molecule has 1 fully saturated rings. The summed E-state index contributed by atoms with van der Waals surface area (Å²) >= 11 is 3.72. The lowest BCUT2D eigenvalue weighted by Crippen LogP contribution is -2.14. The van der Waals surface area contributed by atoms with Crippen molar-refractivity contribution >= 4 is 46.8 Å². The summed E-state index contributed by atoms with van der Waals surface area (Å²) in [5.74, 6) is 0.947. The summed E-state index contributed by atoms with van der Waals surface area (Å²) in [7, 11) is 0. The number of thioether (sulfide) groups is 2. The lowest BCUT2D eigenvalue weighted by Gasteiger charge is -2.11. The Morgan fingerprint density at radius 1 is 1.18 bits per heavy atom. The van der Waals surface area contributed by atoms with Crippen LogP contribution in [0.2, 0.25) is 0 Å². The van der Waals surface area contributed by atoms with Crippen molar-refractivity contribution in [3.05, 3.63) is 69.3 Å². The average molecular weight is 418 g/mol. The summed E-state index contributed by atoms with van der Waals surface area (Å²) in [4.78, 5) is 35.2. The zero-order valence-corrected chi connectivity index (χ0v) is 16.7. The Morgan fingerprint density at radius 3 is 2.57 bits per heavy atom. The minimum Gasteiger partial charge on any atom is -0.462 e. The number of nitrogens with one attached hydrogen (secondary N) is 1. The van der Waals surface area contributed by atoms with Crippen molar-refractivity contribution in [1.82, 2.24) is 0 Å². The number of carbonyl (C=O) groups excluding carboxylic acids is 2. The third-order valence-electron chi connectivity index (χ3n) is 3.94. The Hall–Kier alpha value is -2.52. The number of amides is 1. The van der Waals surface area contributed by atoms with Crippen LogP contribution in [0.3, 0.4) is 0 Å². The number of rotatable bonds is 6. The molecule has 7 nitrogen and oxygen atoms in total. The van der Waals surface area contributed by atoms with Gasteiger partial charge in [0.15, 0.2) is 0 Å². The first kappa shape index (κ1) is 20.2. The van der Waals surface area contributed by atoms with E-state index in [1.165, 1.54) is 6.07 Å². The number of nitrogens with zero attached hydrogens (tertiary/aromatic N) is 1. The van der Waals surface area contributed by atoms with E-state index < -0.39 is 16.8 Å². The predicted molar refractivity (Wildman–Crippen MR) is 111 cm³/mol. The molecule has 0 aliphatic carbocycles. The topological polar surface area (TPSA) is 98.5 Å². The van der Waals surface area contributed by atoms with Crippen molar-refractivity contribution in [2.24, 2.45) is 0 Å². The molecule has 2 aromatic rings. The quantitative estimate of drug-likeness (QED) is 0.419. The number of non-ortho nitro benzene ring substituents is 1. The van der Waals surface area contributed by atoms with Gasteiger partial charge in [0.25, 0.3) is 11.6 Å². The number of hydrogen-bond acceptors (Lipinski definition) is 7. The van der Waals surface area contributed by atoms with E-state index in [4.69, 9.17) is 4.74 Å². The molecule has 28 heavy (non-hydrogen) atoms. The maximum absolute atomic E-state index is 12.7. The van der Waals surface area contributed by atoms with E-state index in [2.05, 4.69) is 5.32 Å². The van der Waals surface area contributed by atoms with Crippen LogP contribution in [0.15, 0.2) is 42.5 Å². The molecule has 0 aromatic heterocycles. The van der Waals surface area contributed by atoms with Crippen molar-refractivity contribution in [2.45, 2.75) is 11.5 Å². The molecule has 0 radical (unpaired) electrons. The number of nitro groups is 1. The molecule has 0 spiro atoms. The SMILES string of the molecule is CCOC(=O)c1cc(C(=O)Nc2cccc(C3SCCS3)c2)cc([N+](=O)[O-])c1. The number of nitro benzene ring substituents is 1. The minimum atomic E-state index is -0.711. The monoisotopic (exact) mass is 418 g/mol. The second-order valence-electron chi connectivity index (χ2n) is 5.90. The van der Waals surface area contributed by atoms with Crippen LogP contribution in [-0.2, 0) is 4.74 Å². The van der Waals surface area contributed by atoms with Gasteiger partial charge < -0.3 is 10.1 Å². The number of carbonyl (C=O) groups is 2. The summed E-state index contributed by atoms with van der Waals surface area (Å²) in [5.41, 5.74) is 1.35. The molecule has 1 aliphatic rings. The maximum atomic E-state index is 12.7. The molecular weight excluding hydrogens is 400 g/mol. The van der Waals surface area contributed by atoms with Crippen molar-refractivity contribution < 1.29 is 19.2 Å². The van der Waals surface area contributed by atoms with Gasteiger partial charge in [-0.3, -0.25) is 14.9 Å². The van der Waals surface area contributed by atoms with Crippen LogP contribution in [0, 0.1) is 10.1 Å². The molecule has 0 saturated carbocycles. The lowest BCUT2D eigenvalue weighted by molar-refractivity contribution is -0.384. The highest BCUT2D eigenvalue weighted by Crippen LogP contribution is 2.45. The molecule has 0 unspecified atom stereocenters. The van der Waals surface area contributed by atoms with E-state index >= 15 is 0 Å². The summed E-state index contributed by atoms with van der Waals surface area (Å²) in [6.45, 7) is 1.77. The Kier molecular flexibility index (Phi) is 6.58. The van der Waals surface area contributed by atoms with Crippen molar-refractivity contribution in [3.8, 4) is 0 Å². The van der Waals surface area contributed by atoms with Gasteiger partial charge in [-0.05, 0) is 30.7 Å². The van der Waals surface area contributed by atoms with Crippen LogP contribution in [0.5, 0.6) is 0 Å². The largest absolute Gasteiger partial charge is 0.462 e. The van der Waals surface area contributed by atoms with Crippen LogP contribution in [-0.4, -0.2) is 34.9 Å². The molecule has 0 bridgehead atoms. The van der Waals surface area contributed by atoms with Crippen LogP contribution >= 0.6 is 23.5 Å². The van der Waals surface area contributed by atoms with E-state index in [1.54, 1.807) is 13.0 Å². The minimum absolute atomic E-state index is 0.0206. The number of ether oxygens (including phenoxy) is 1. The second kappa shape index (κ2) is 9.11. The van der Waals surface area contributed by atoms with Crippen LogP contribution in [0.4, 0.5) is 11.4 Å². The molecule has 9 heteroatoms. The van der Waals surface area contributed by atoms with Gasteiger partial charge >= 0.3 is 5.97 Å². The van der Waals surface area contributed by atoms with E-state index in [1.807, 2.05) is 41.7 Å². The van der Waals surface area contributed by atoms with Gasteiger partial charge in [-0.15, -0.1) is 23.5 Å². The summed E-state index contributed by atoms with van der Waals surface area (Å²) in [5, 5.41) is 13.9. The first-order chi connectivity index (χ1) is 13.5.